The lowest BCUT2D eigenvalue weighted by Crippen LogP contribution is -2.34. The van der Waals surface area contributed by atoms with Crippen LogP contribution in [0.15, 0.2) is 24.3 Å². The van der Waals surface area contributed by atoms with Crippen LogP contribution in [0.4, 0.5) is 5.69 Å². The minimum absolute atomic E-state index is 0.506. The van der Waals surface area contributed by atoms with Crippen LogP contribution < -0.4 is 4.90 Å². The van der Waals surface area contributed by atoms with Crippen molar-refractivity contribution in [1.82, 2.24) is 0 Å². The van der Waals surface area contributed by atoms with Gasteiger partial charge in [0.1, 0.15) is 0 Å². The fraction of sp³-hybridized carbons (Fsp3) is 0.571. The van der Waals surface area contributed by atoms with Crippen LogP contribution in [-0.2, 0) is 5.88 Å². The third kappa shape index (κ3) is 3.41. The van der Waals surface area contributed by atoms with Crippen LogP contribution in [0.3, 0.4) is 0 Å². The molecule has 0 saturated carbocycles. The van der Waals surface area contributed by atoms with E-state index in [1.807, 2.05) is 0 Å². The van der Waals surface area contributed by atoms with Crippen LogP contribution in [0.2, 0.25) is 0 Å². The van der Waals surface area contributed by atoms with Gasteiger partial charge in [0.05, 0.1) is 0 Å². The third-order valence-corrected chi connectivity index (χ3v) is 2.92. The third-order valence-electron chi connectivity index (χ3n) is 2.63. The molecule has 0 unspecified atom stereocenters. The molecule has 0 spiro atoms. The lowest BCUT2D eigenvalue weighted by molar-refractivity contribution is 0.570. The number of hydrogen-bond acceptors (Lipinski definition) is 1. The number of alkyl halides is 1. The molecule has 1 nitrogen and oxygen atoms in total. The maximum Gasteiger partial charge on any atom is 0.0494 e. The standard InChI is InChI=1S/C14H22ClN/c1-11(2)10-16(12(3)4)14-8-6-5-7-13(14)9-15/h5-8,11-12H,9-10H2,1-4H3. The molecule has 0 aliphatic carbocycles. The van der Waals surface area contributed by atoms with E-state index in [0.29, 0.717) is 17.8 Å². The molecule has 90 valence electrons. The summed E-state index contributed by atoms with van der Waals surface area (Å²) < 4.78 is 0. The Hall–Kier alpha value is -0.690. The molecule has 0 aromatic heterocycles. The summed E-state index contributed by atoms with van der Waals surface area (Å²) in [6, 6.07) is 8.92. The minimum atomic E-state index is 0.506. The summed E-state index contributed by atoms with van der Waals surface area (Å²) in [5, 5.41) is 0. The summed E-state index contributed by atoms with van der Waals surface area (Å²) >= 11 is 5.99. The molecule has 0 fully saturated rings. The van der Waals surface area contributed by atoms with Gasteiger partial charge in [-0.15, -0.1) is 11.6 Å². The zero-order chi connectivity index (χ0) is 12.1. The summed E-state index contributed by atoms with van der Waals surface area (Å²) in [6.07, 6.45) is 0. The summed E-state index contributed by atoms with van der Waals surface area (Å²) in [7, 11) is 0. The Bertz CT molecular complexity index is 320. The maximum atomic E-state index is 5.99. The van der Waals surface area contributed by atoms with Gasteiger partial charge in [0, 0.05) is 24.2 Å². The molecule has 1 aromatic carbocycles. The molecule has 0 aliphatic rings. The van der Waals surface area contributed by atoms with Crippen molar-refractivity contribution >= 4 is 17.3 Å². The second-order valence-corrected chi connectivity index (χ2v) is 5.17. The maximum absolute atomic E-state index is 5.99. The molecular weight excluding hydrogens is 218 g/mol. The highest BCUT2D eigenvalue weighted by Gasteiger charge is 2.14. The quantitative estimate of drug-likeness (QED) is 0.693. The summed E-state index contributed by atoms with van der Waals surface area (Å²) in [5.74, 6) is 1.24. The number of benzene rings is 1. The molecule has 0 heterocycles. The van der Waals surface area contributed by atoms with E-state index in [2.05, 4.69) is 56.9 Å². The van der Waals surface area contributed by atoms with Crippen LogP contribution >= 0.6 is 11.6 Å². The molecule has 2 heteroatoms. The summed E-state index contributed by atoms with van der Waals surface area (Å²) in [5.41, 5.74) is 2.50. The highest BCUT2D eigenvalue weighted by molar-refractivity contribution is 6.17. The zero-order valence-corrected chi connectivity index (χ0v) is 11.5. The molecule has 0 saturated heterocycles. The summed E-state index contributed by atoms with van der Waals surface area (Å²) in [6.45, 7) is 10.0. The molecule has 1 rings (SSSR count). The average Bonchev–Trinajstić information content (AvgIpc) is 2.25. The van der Waals surface area contributed by atoms with Gasteiger partial charge in [-0.1, -0.05) is 32.0 Å². The number of rotatable bonds is 5. The van der Waals surface area contributed by atoms with Crippen LogP contribution in [0.1, 0.15) is 33.3 Å². The Morgan fingerprint density at radius 1 is 1.12 bits per heavy atom. The second kappa shape index (κ2) is 6.15. The van der Waals surface area contributed by atoms with E-state index < -0.39 is 0 Å². The summed E-state index contributed by atoms with van der Waals surface area (Å²) in [4.78, 5) is 2.43. The lowest BCUT2D eigenvalue weighted by Gasteiger charge is -2.32. The molecule has 0 N–H and O–H groups in total. The molecule has 0 aliphatic heterocycles. The Labute approximate surface area is 104 Å². The number of halogens is 1. The Kier molecular flexibility index (Phi) is 5.14. The smallest absolute Gasteiger partial charge is 0.0494 e. The molecule has 16 heavy (non-hydrogen) atoms. The van der Waals surface area contributed by atoms with Crippen molar-refractivity contribution < 1.29 is 0 Å². The van der Waals surface area contributed by atoms with Gasteiger partial charge in [-0.3, -0.25) is 0 Å². The van der Waals surface area contributed by atoms with Crippen LogP contribution in [0.25, 0.3) is 0 Å². The fourth-order valence-electron chi connectivity index (χ4n) is 1.88. The SMILES string of the molecule is CC(C)CN(c1ccccc1CCl)C(C)C. The number of hydrogen-bond donors (Lipinski definition) is 0. The largest absolute Gasteiger partial charge is 0.369 e. The van der Waals surface area contributed by atoms with Gasteiger partial charge in [0.15, 0.2) is 0 Å². The van der Waals surface area contributed by atoms with Crippen molar-refractivity contribution in [1.29, 1.82) is 0 Å². The number of para-hydroxylation sites is 1. The van der Waals surface area contributed by atoms with Crippen molar-refractivity contribution in [2.24, 2.45) is 5.92 Å². The number of nitrogens with zero attached hydrogens (tertiary/aromatic N) is 1. The molecule has 0 atom stereocenters. The highest BCUT2D eigenvalue weighted by Crippen LogP contribution is 2.24. The van der Waals surface area contributed by atoms with Gasteiger partial charge >= 0.3 is 0 Å². The van der Waals surface area contributed by atoms with E-state index >= 15 is 0 Å². The van der Waals surface area contributed by atoms with E-state index in [1.54, 1.807) is 0 Å². The van der Waals surface area contributed by atoms with E-state index in [0.717, 1.165) is 6.54 Å². The normalized spacial score (nSPS) is 11.2. The topological polar surface area (TPSA) is 3.24 Å². The first-order valence-electron chi connectivity index (χ1n) is 5.96. The van der Waals surface area contributed by atoms with Crippen LogP contribution in [0.5, 0.6) is 0 Å². The van der Waals surface area contributed by atoms with Gasteiger partial charge in [-0.2, -0.15) is 0 Å². The fourth-order valence-corrected chi connectivity index (χ4v) is 2.11. The van der Waals surface area contributed by atoms with Gasteiger partial charge in [0.25, 0.3) is 0 Å². The van der Waals surface area contributed by atoms with E-state index in [9.17, 15) is 0 Å². The van der Waals surface area contributed by atoms with Gasteiger partial charge in [-0.05, 0) is 31.4 Å². The van der Waals surface area contributed by atoms with E-state index in [-0.39, 0.29) is 0 Å². The van der Waals surface area contributed by atoms with Crippen LogP contribution in [0, 0.1) is 5.92 Å². The van der Waals surface area contributed by atoms with Crippen molar-refractivity contribution in [2.45, 2.75) is 39.6 Å². The van der Waals surface area contributed by atoms with Gasteiger partial charge < -0.3 is 4.90 Å². The second-order valence-electron chi connectivity index (χ2n) is 4.90. The Morgan fingerprint density at radius 2 is 1.75 bits per heavy atom. The minimum Gasteiger partial charge on any atom is -0.369 e. The first kappa shape index (κ1) is 13.4. The predicted molar refractivity (Wildman–Crippen MR) is 73.3 cm³/mol. The molecule has 0 amide bonds. The first-order chi connectivity index (χ1) is 7.56. The molecular formula is C14H22ClN. The van der Waals surface area contributed by atoms with Gasteiger partial charge in [0.2, 0.25) is 0 Å². The zero-order valence-electron chi connectivity index (χ0n) is 10.7. The highest BCUT2D eigenvalue weighted by atomic mass is 35.5. The lowest BCUT2D eigenvalue weighted by atomic mass is 10.1. The van der Waals surface area contributed by atoms with Crippen molar-refractivity contribution in [3.05, 3.63) is 29.8 Å². The van der Waals surface area contributed by atoms with Crippen molar-refractivity contribution in [2.75, 3.05) is 11.4 Å². The van der Waals surface area contributed by atoms with Crippen LogP contribution in [-0.4, -0.2) is 12.6 Å². The van der Waals surface area contributed by atoms with Gasteiger partial charge in [-0.25, -0.2) is 0 Å². The van der Waals surface area contributed by atoms with E-state index in [1.165, 1.54) is 11.3 Å². The molecule has 0 radical (unpaired) electrons. The van der Waals surface area contributed by atoms with Crippen molar-refractivity contribution in [3.8, 4) is 0 Å². The predicted octanol–water partition coefficient (Wildman–Crippen LogP) is 4.30. The van der Waals surface area contributed by atoms with Crippen molar-refractivity contribution in [3.63, 3.8) is 0 Å². The monoisotopic (exact) mass is 239 g/mol. The van der Waals surface area contributed by atoms with E-state index in [4.69, 9.17) is 11.6 Å². The molecule has 0 bridgehead atoms. The Balaban J connectivity index is 3.00. The number of anilines is 1. The average molecular weight is 240 g/mol. The Morgan fingerprint density at radius 3 is 2.25 bits per heavy atom. The first-order valence-corrected chi connectivity index (χ1v) is 6.50. The molecule has 1 aromatic rings.